The van der Waals surface area contributed by atoms with Crippen molar-refractivity contribution in [1.82, 2.24) is 4.90 Å². The molecule has 32 heavy (non-hydrogen) atoms. The molecule has 0 radical (unpaired) electrons. The van der Waals surface area contributed by atoms with Crippen molar-refractivity contribution in [2.45, 2.75) is 29.0 Å². The van der Waals surface area contributed by atoms with Crippen LogP contribution in [0.25, 0.3) is 0 Å². The number of likely N-dealkylation sites (tertiary alicyclic amines) is 1. The first-order valence-corrected chi connectivity index (χ1v) is 11.8. The summed E-state index contributed by atoms with van der Waals surface area (Å²) in [5.74, 6) is -3.16. The molecular weight excluding hydrogens is 554 g/mol. The SMILES string of the molecule is C[C@H](C(=O)OCC(=O)Nc1cccc([N+](=O)[O-])c1)N1C(=O)[C@@H]2[C@H]3C[C@@H]([C@H](Br)[C@H]3Br)[C@@H]2C1=O. The first kappa shape index (κ1) is 22.8. The maximum atomic E-state index is 13.0. The Hall–Kier alpha value is -2.34. The van der Waals surface area contributed by atoms with Crippen LogP contribution in [0.15, 0.2) is 24.3 Å². The van der Waals surface area contributed by atoms with E-state index in [9.17, 15) is 29.3 Å². The predicted octanol–water partition coefficient (Wildman–Crippen LogP) is 2.24. The smallest absolute Gasteiger partial charge is 0.329 e. The van der Waals surface area contributed by atoms with Gasteiger partial charge in [-0.25, -0.2) is 4.79 Å². The second-order valence-corrected chi connectivity index (χ2v) is 10.3. The summed E-state index contributed by atoms with van der Waals surface area (Å²) in [6.07, 6.45) is 0.781. The lowest BCUT2D eigenvalue weighted by Crippen LogP contribution is -2.45. The Balaban J connectivity index is 1.36. The standard InChI is InChI=1S/C20H19Br2N3O7/c1-8(20(29)32-7-13(26)23-9-3-2-4-10(5-9)25(30)31)24-18(27)14-11-6-12(15(14)19(24)28)17(22)16(11)21/h2-5,8,11-12,14-17H,6-7H2,1H3,(H,23,26)/t8-,11-,12-,14-,15+,16+,17+/m1/s1. The minimum absolute atomic E-state index is 0.0275. The van der Waals surface area contributed by atoms with Crippen molar-refractivity contribution in [1.29, 1.82) is 0 Å². The molecule has 0 spiro atoms. The van der Waals surface area contributed by atoms with E-state index in [1.54, 1.807) is 0 Å². The van der Waals surface area contributed by atoms with Gasteiger partial charge in [-0.05, 0) is 31.2 Å². The van der Waals surface area contributed by atoms with Crippen LogP contribution in [-0.4, -0.2) is 55.8 Å². The number of nitro groups is 1. The number of ether oxygens (including phenoxy) is 1. The molecule has 1 N–H and O–H groups in total. The van der Waals surface area contributed by atoms with Gasteiger partial charge in [0.25, 0.3) is 11.6 Å². The topological polar surface area (TPSA) is 136 Å². The van der Waals surface area contributed by atoms with E-state index in [0.29, 0.717) is 0 Å². The highest BCUT2D eigenvalue weighted by Gasteiger charge is 2.67. The Bertz CT molecular complexity index is 987. The van der Waals surface area contributed by atoms with E-state index in [1.807, 2.05) is 0 Å². The summed E-state index contributed by atoms with van der Waals surface area (Å²) in [7, 11) is 0. The number of nitrogens with one attached hydrogen (secondary N) is 1. The number of halogens is 2. The number of benzene rings is 1. The van der Waals surface area contributed by atoms with Gasteiger partial charge in [0.15, 0.2) is 6.61 Å². The van der Waals surface area contributed by atoms with Crippen LogP contribution >= 0.6 is 31.9 Å². The van der Waals surface area contributed by atoms with E-state index in [1.165, 1.54) is 31.2 Å². The molecule has 4 rings (SSSR count). The molecule has 1 aromatic carbocycles. The summed E-state index contributed by atoms with van der Waals surface area (Å²) in [4.78, 5) is 61.9. The first-order valence-electron chi connectivity index (χ1n) is 9.97. The average molecular weight is 573 g/mol. The molecule has 1 heterocycles. The zero-order valence-electron chi connectivity index (χ0n) is 16.8. The lowest BCUT2D eigenvalue weighted by molar-refractivity contribution is -0.384. The number of carbonyl (C=O) groups is 4. The van der Waals surface area contributed by atoms with Crippen LogP contribution in [0.4, 0.5) is 11.4 Å². The monoisotopic (exact) mass is 571 g/mol. The molecule has 12 heteroatoms. The minimum atomic E-state index is -1.16. The zero-order valence-corrected chi connectivity index (χ0v) is 19.9. The summed E-state index contributed by atoms with van der Waals surface area (Å²) in [5, 5.41) is 13.2. The van der Waals surface area contributed by atoms with Crippen LogP contribution in [0.2, 0.25) is 0 Å². The Morgan fingerprint density at radius 2 is 1.81 bits per heavy atom. The number of hydrogen-bond donors (Lipinski definition) is 1. The number of amides is 3. The highest BCUT2D eigenvalue weighted by Crippen LogP contribution is 2.60. The fraction of sp³-hybridized carbons (Fsp3) is 0.500. The quantitative estimate of drug-likeness (QED) is 0.181. The predicted molar refractivity (Wildman–Crippen MR) is 118 cm³/mol. The van der Waals surface area contributed by atoms with E-state index in [-0.39, 0.29) is 44.7 Å². The van der Waals surface area contributed by atoms with Crippen molar-refractivity contribution in [3.63, 3.8) is 0 Å². The van der Waals surface area contributed by atoms with Gasteiger partial charge < -0.3 is 10.1 Å². The summed E-state index contributed by atoms with van der Waals surface area (Å²) in [6, 6.07) is 4.15. The van der Waals surface area contributed by atoms with Gasteiger partial charge in [-0.1, -0.05) is 37.9 Å². The number of non-ortho nitro benzene ring substituents is 1. The lowest BCUT2D eigenvalue weighted by atomic mass is 9.81. The Morgan fingerprint density at radius 1 is 1.22 bits per heavy atom. The number of rotatable bonds is 6. The van der Waals surface area contributed by atoms with Crippen molar-refractivity contribution in [3.8, 4) is 0 Å². The van der Waals surface area contributed by atoms with E-state index in [2.05, 4.69) is 37.2 Å². The number of imide groups is 1. The van der Waals surface area contributed by atoms with Gasteiger partial charge in [-0.3, -0.25) is 29.4 Å². The lowest BCUT2D eigenvalue weighted by Gasteiger charge is -2.28. The Kier molecular flexibility index (Phi) is 6.10. The molecule has 1 aliphatic heterocycles. The number of nitro benzene ring substituents is 1. The number of esters is 1. The van der Waals surface area contributed by atoms with Crippen molar-refractivity contribution in [2.24, 2.45) is 23.7 Å². The van der Waals surface area contributed by atoms with Gasteiger partial charge in [0.1, 0.15) is 6.04 Å². The van der Waals surface area contributed by atoms with Crippen LogP contribution in [0, 0.1) is 33.8 Å². The van der Waals surface area contributed by atoms with Crippen LogP contribution < -0.4 is 5.32 Å². The number of carbonyl (C=O) groups excluding carboxylic acids is 4. The normalized spacial score (nSPS) is 31.4. The number of hydrogen-bond acceptors (Lipinski definition) is 7. The second kappa shape index (κ2) is 8.54. The zero-order chi connectivity index (χ0) is 23.3. The van der Waals surface area contributed by atoms with Gasteiger partial charge in [-0.15, -0.1) is 0 Å². The molecule has 1 saturated heterocycles. The molecule has 170 valence electrons. The van der Waals surface area contributed by atoms with Gasteiger partial charge in [0, 0.05) is 27.5 Å². The second-order valence-electron chi connectivity index (χ2n) is 8.19. The van der Waals surface area contributed by atoms with Crippen LogP contribution in [0.3, 0.4) is 0 Å². The molecule has 2 bridgehead atoms. The summed E-state index contributed by atoms with van der Waals surface area (Å²) < 4.78 is 5.01. The number of fused-ring (bicyclic) bond motifs is 5. The third-order valence-electron chi connectivity index (χ3n) is 6.44. The fourth-order valence-corrected chi connectivity index (χ4v) is 6.88. The van der Waals surface area contributed by atoms with Crippen LogP contribution in [-0.2, 0) is 23.9 Å². The Labute approximate surface area is 199 Å². The summed E-state index contributed by atoms with van der Waals surface area (Å²) >= 11 is 7.22. The molecule has 3 aliphatic rings. The fourth-order valence-electron chi connectivity index (χ4n) is 5.01. The Morgan fingerprint density at radius 3 is 2.38 bits per heavy atom. The van der Waals surface area contributed by atoms with E-state index < -0.39 is 41.3 Å². The maximum Gasteiger partial charge on any atom is 0.329 e. The maximum absolute atomic E-state index is 13.0. The molecule has 7 atom stereocenters. The van der Waals surface area contributed by atoms with Gasteiger partial charge in [0.2, 0.25) is 11.8 Å². The third-order valence-corrected chi connectivity index (χ3v) is 9.64. The van der Waals surface area contributed by atoms with Crippen LogP contribution in [0.5, 0.6) is 0 Å². The number of nitrogens with zero attached hydrogens (tertiary/aromatic N) is 2. The molecule has 1 aromatic rings. The van der Waals surface area contributed by atoms with Crippen molar-refractivity contribution >= 4 is 66.9 Å². The molecule has 3 fully saturated rings. The van der Waals surface area contributed by atoms with Crippen molar-refractivity contribution in [2.75, 3.05) is 11.9 Å². The highest BCUT2D eigenvalue weighted by molar-refractivity contribution is 9.12. The van der Waals surface area contributed by atoms with Crippen molar-refractivity contribution in [3.05, 3.63) is 34.4 Å². The molecule has 3 amide bonds. The number of anilines is 1. The molecule has 2 saturated carbocycles. The van der Waals surface area contributed by atoms with E-state index in [4.69, 9.17) is 4.74 Å². The van der Waals surface area contributed by atoms with Crippen LogP contribution in [0.1, 0.15) is 13.3 Å². The molecule has 10 nitrogen and oxygen atoms in total. The average Bonchev–Trinajstić information content (AvgIpc) is 3.36. The van der Waals surface area contributed by atoms with E-state index >= 15 is 0 Å². The van der Waals surface area contributed by atoms with E-state index in [0.717, 1.165) is 11.3 Å². The first-order chi connectivity index (χ1) is 15.1. The molecule has 2 aliphatic carbocycles. The minimum Gasteiger partial charge on any atom is -0.454 e. The summed E-state index contributed by atoms with van der Waals surface area (Å²) in [6.45, 7) is 0.740. The van der Waals surface area contributed by atoms with Gasteiger partial charge in [0.05, 0.1) is 16.8 Å². The number of alkyl halides is 2. The van der Waals surface area contributed by atoms with Gasteiger partial charge in [-0.2, -0.15) is 0 Å². The molecular formula is C20H19Br2N3O7. The highest BCUT2D eigenvalue weighted by atomic mass is 79.9. The van der Waals surface area contributed by atoms with Crippen molar-refractivity contribution < 1.29 is 28.8 Å². The van der Waals surface area contributed by atoms with Gasteiger partial charge >= 0.3 is 5.97 Å². The molecule has 0 unspecified atom stereocenters. The molecule has 0 aromatic heterocycles. The third kappa shape index (κ3) is 3.72. The summed E-state index contributed by atoms with van der Waals surface area (Å²) in [5.41, 5.74) is -0.0226. The largest absolute Gasteiger partial charge is 0.454 e.